The fraction of sp³-hybridized carbons (Fsp3) is 0. The van der Waals surface area contributed by atoms with Crippen molar-refractivity contribution >= 4 is 23.2 Å². The topological polar surface area (TPSA) is 29.1 Å². The summed E-state index contributed by atoms with van der Waals surface area (Å²) in [4.78, 5) is 11.8. The number of amides is 1. The Kier molecular flexibility index (Phi) is 3.40. The third kappa shape index (κ3) is 3.04. The van der Waals surface area contributed by atoms with Crippen molar-refractivity contribution in [1.29, 1.82) is 0 Å². The Balaban J connectivity index is 2.17. The van der Waals surface area contributed by atoms with Gasteiger partial charge in [0.25, 0.3) is 5.91 Å². The molecule has 0 unspecified atom stereocenters. The summed E-state index contributed by atoms with van der Waals surface area (Å²) in [6, 6.07) is 12.3. The fourth-order valence-corrected chi connectivity index (χ4v) is 1.59. The van der Waals surface area contributed by atoms with Crippen molar-refractivity contribution in [3.8, 4) is 0 Å². The van der Waals surface area contributed by atoms with Crippen LogP contribution >= 0.6 is 11.6 Å². The Morgan fingerprint density at radius 2 is 1.88 bits per heavy atom. The summed E-state index contributed by atoms with van der Waals surface area (Å²) in [5.74, 6) is -0.810. The number of benzene rings is 2. The predicted octanol–water partition coefficient (Wildman–Crippen LogP) is 3.73. The van der Waals surface area contributed by atoms with Gasteiger partial charge in [-0.15, -0.1) is 0 Å². The van der Waals surface area contributed by atoms with E-state index in [-0.39, 0.29) is 11.5 Å². The van der Waals surface area contributed by atoms with Crippen LogP contribution in [0.5, 0.6) is 0 Å². The van der Waals surface area contributed by atoms with Gasteiger partial charge in [0.05, 0.1) is 0 Å². The van der Waals surface area contributed by atoms with Crippen LogP contribution in [0.3, 0.4) is 0 Å². The first kappa shape index (κ1) is 11.6. The Morgan fingerprint density at radius 3 is 2.59 bits per heavy atom. The van der Waals surface area contributed by atoms with Gasteiger partial charge in [-0.1, -0.05) is 23.7 Å². The molecule has 0 atom stereocenters. The van der Waals surface area contributed by atoms with Crippen LogP contribution in [0, 0.1) is 5.82 Å². The largest absolute Gasteiger partial charge is 0.322 e. The number of rotatable bonds is 2. The molecule has 0 aliphatic carbocycles. The number of anilines is 1. The molecule has 0 aliphatic heterocycles. The average Bonchev–Trinajstić information content (AvgIpc) is 2.29. The van der Waals surface area contributed by atoms with Crippen LogP contribution in [-0.4, -0.2) is 5.91 Å². The highest BCUT2D eigenvalue weighted by atomic mass is 35.5. The molecule has 0 heterocycles. The van der Waals surface area contributed by atoms with Crippen LogP contribution in [0.4, 0.5) is 10.1 Å². The second-order valence-corrected chi connectivity index (χ2v) is 3.91. The zero-order chi connectivity index (χ0) is 12.3. The third-order valence-electron chi connectivity index (χ3n) is 2.17. The maximum Gasteiger partial charge on any atom is 0.255 e. The lowest BCUT2D eigenvalue weighted by molar-refractivity contribution is 0.102. The molecule has 0 aromatic heterocycles. The van der Waals surface area contributed by atoms with E-state index in [4.69, 9.17) is 11.6 Å². The molecule has 0 bridgehead atoms. The van der Waals surface area contributed by atoms with E-state index in [1.54, 1.807) is 30.3 Å². The van der Waals surface area contributed by atoms with Crippen molar-refractivity contribution < 1.29 is 9.18 Å². The average molecular weight is 250 g/mol. The van der Waals surface area contributed by atoms with Crippen LogP contribution in [-0.2, 0) is 0 Å². The molecule has 4 heteroatoms. The summed E-state index contributed by atoms with van der Waals surface area (Å²) >= 11 is 5.79. The Labute approximate surface area is 103 Å². The molecule has 1 amide bonds. The van der Waals surface area contributed by atoms with Crippen molar-refractivity contribution in [2.75, 3.05) is 5.32 Å². The van der Waals surface area contributed by atoms with Gasteiger partial charge >= 0.3 is 0 Å². The van der Waals surface area contributed by atoms with Gasteiger partial charge in [-0.2, -0.15) is 0 Å². The van der Waals surface area contributed by atoms with Crippen molar-refractivity contribution in [2.24, 2.45) is 0 Å². The molecular formula is C13H9ClFNO. The Bertz CT molecular complexity index is 557. The smallest absolute Gasteiger partial charge is 0.255 e. The van der Waals surface area contributed by atoms with E-state index in [1.165, 1.54) is 18.2 Å². The first-order valence-corrected chi connectivity index (χ1v) is 5.35. The lowest BCUT2D eigenvalue weighted by atomic mass is 10.2. The highest BCUT2D eigenvalue weighted by Gasteiger charge is 2.06. The molecule has 2 aromatic rings. The van der Waals surface area contributed by atoms with Gasteiger partial charge in [-0.25, -0.2) is 4.39 Å². The summed E-state index contributed by atoms with van der Waals surface area (Å²) in [6.07, 6.45) is 0. The van der Waals surface area contributed by atoms with Gasteiger partial charge in [0.1, 0.15) is 5.82 Å². The van der Waals surface area contributed by atoms with Crippen molar-refractivity contribution in [2.45, 2.75) is 0 Å². The maximum atomic E-state index is 12.9. The number of halogens is 2. The zero-order valence-electron chi connectivity index (χ0n) is 8.78. The minimum atomic E-state index is -0.441. The van der Waals surface area contributed by atoms with Crippen molar-refractivity contribution in [3.63, 3.8) is 0 Å². The standard InChI is InChI=1S/C13H9ClFNO/c14-10-4-2-6-12(8-10)16-13(17)9-3-1-5-11(15)7-9/h1-8H,(H,16,17). The first-order chi connectivity index (χ1) is 8.15. The van der Waals surface area contributed by atoms with Crippen LogP contribution in [0.15, 0.2) is 48.5 Å². The molecule has 2 aromatic carbocycles. The normalized spacial score (nSPS) is 10.0. The number of carbonyl (C=O) groups excluding carboxylic acids is 1. The summed E-state index contributed by atoms with van der Waals surface area (Å²) in [6.45, 7) is 0. The summed E-state index contributed by atoms with van der Waals surface area (Å²) in [7, 11) is 0. The van der Waals surface area contributed by atoms with E-state index in [0.29, 0.717) is 10.7 Å². The molecule has 2 rings (SSSR count). The third-order valence-corrected chi connectivity index (χ3v) is 2.40. The van der Waals surface area contributed by atoms with Crippen LogP contribution in [0.2, 0.25) is 5.02 Å². The number of nitrogens with one attached hydrogen (secondary N) is 1. The van der Waals surface area contributed by atoms with Crippen LogP contribution in [0.25, 0.3) is 0 Å². The number of carbonyl (C=O) groups is 1. The van der Waals surface area contributed by atoms with Gasteiger partial charge in [0.2, 0.25) is 0 Å². The quantitative estimate of drug-likeness (QED) is 0.863. The maximum absolute atomic E-state index is 12.9. The Morgan fingerprint density at radius 1 is 1.12 bits per heavy atom. The van der Waals surface area contributed by atoms with Crippen molar-refractivity contribution in [1.82, 2.24) is 0 Å². The minimum absolute atomic E-state index is 0.268. The molecule has 0 spiro atoms. The summed E-state index contributed by atoms with van der Waals surface area (Å²) in [5, 5.41) is 3.17. The molecule has 1 N–H and O–H groups in total. The number of hydrogen-bond donors (Lipinski definition) is 1. The molecule has 0 aliphatic rings. The monoisotopic (exact) mass is 249 g/mol. The SMILES string of the molecule is O=C(Nc1cccc(Cl)c1)c1cccc(F)c1. The number of hydrogen-bond acceptors (Lipinski definition) is 1. The van der Waals surface area contributed by atoms with E-state index in [0.717, 1.165) is 0 Å². The first-order valence-electron chi connectivity index (χ1n) is 4.97. The van der Waals surface area contributed by atoms with E-state index in [9.17, 15) is 9.18 Å². The Hall–Kier alpha value is -1.87. The van der Waals surface area contributed by atoms with E-state index >= 15 is 0 Å². The molecule has 0 saturated heterocycles. The van der Waals surface area contributed by atoms with Crippen molar-refractivity contribution in [3.05, 3.63) is 64.9 Å². The summed E-state index contributed by atoms with van der Waals surface area (Å²) in [5.41, 5.74) is 0.844. The molecule has 0 radical (unpaired) electrons. The van der Waals surface area contributed by atoms with Crippen LogP contribution in [0.1, 0.15) is 10.4 Å². The molecule has 2 nitrogen and oxygen atoms in total. The van der Waals surface area contributed by atoms with Gasteiger partial charge in [0.15, 0.2) is 0 Å². The molecule has 86 valence electrons. The lowest BCUT2D eigenvalue weighted by Gasteiger charge is -2.05. The van der Waals surface area contributed by atoms with Gasteiger partial charge in [-0.05, 0) is 36.4 Å². The lowest BCUT2D eigenvalue weighted by Crippen LogP contribution is -2.11. The molecule has 0 saturated carbocycles. The van der Waals surface area contributed by atoms with Gasteiger partial charge < -0.3 is 5.32 Å². The second kappa shape index (κ2) is 4.97. The van der Waals surface area contributed by atoms with E-state index in [1.807, 2.05) is 0 Å². The highest BCUT2D eigenvalue weighted by molar-refractivity contribution is 6.30. The molecule has 17 heavy (non-hydrogen) atoms. The fourth-order valence-electron chi connectivity index (χ4n) is 1.40. The van der Waals surface area contributed by atoms with Gasteiger partial charge in [0, 0.05) is 16.3 Å². The second-order valence-electron chi connectivity index (χ2n) is 3.47. The van der Waals surface area contributed by atoms with E-state index in [2.05, 4.69) is 5.32 Å². The highest BCUT2D eigenvalue weighted by Crippen LogP contribution is 2.16. The zero-order valence-corrected chi connectivity index (χ0v) is 9.54. The molecule has 0 fully saturated rings. The summed E-state index contributed by atoms with van der Waals surface area (Å²) < 4.78 is 12.9. The molecular weight excluding hydrogens is 241 g/mol. The predicted molar refractivity (Wildman–Crippen MR) is 65.8 cm³/mol. The van der Waals surface area contributed by atoms with E-state index < -0.39 is 5.82 Å². The van der Waals surface area contributed by atoms with Gasteiger partial charge in [-0.3, -0.25) is 4.79 Å². The minimum Gasteiger partial charge on any atom is -0.322 e. The van der Waals surface area contributed by atoms with Crippen LogP contribution < -0.4 is 5.32 Å².